The van der Waals surface area contributed by atoms with Gasteiger partial charge in [0, 0.05) is 27.1 Å². The van der Waals surface area contributed by atoms with E-state index in [1.54, 1.807) is 30.5 Å². The average Bonchev–Trinajstić information content (AvgIpc) is 3.28. The van der Waals surface area contributed by atoms with Gasteiger partial charge < -0.3 is 5.32 Å². The molecule has 0 fully saturated rings. The largest absolute Gasteiger partial charge is 0.322 e. The number of aromatic nitrogens is 3. The highest BCUT2D eigenvalue weighted by atomic mass is 35.5. The van der Waals surface area contributed by atoms with Gasteiger partial charge in [0.25, 0.3) is 5.91 Å². The summed E-state index contributed by atoms with van der Waals surface area (Å²) in [5.41, 5.74) is 3.75. The standard InChI is InChI=1S/C27H18Cl2N4OS/c28-22-12-8-18(15-23(22)29)31-27(34)21-6-1-2-7-26(21)35-19-10-11-20-24(32-33-25(20)16-19)13-9-17-5-3-4-14-30-17/h1-16H,(H,31,34)(H,32,33)/b13-9+. The first-order valence-corrected chi connectivity index (χ1v) is 12.2. The highest BCUT2D eigenvalue weighted by Gasteiger charge is 2.14. The van der Waals surface area contributed by atoms with Crippen LogP contribution in [0.2, 0.25) is 10.0 Å². The molecule has 0 saturated carbocycles. The molecule has 0 bridgehead atoms. The minimum Gasteiger partial charge on any atom is -0.322 e. The van der Waals surface area contributed by atoms with Crippen LogP contribution in [-0.4, -0.2) is 21.1 Å². The van der Waals surface area contributed by atoms with Crippen molar-refractivity contribution in [1.29, 1.82) is 0 Å². The molecule has 5 aromatic rings. The van der Waals surface area contributed by atoms with Crippen LogP contribution in [0.4, 0.5) is 5.69 Å². The Morgan fingerprint density at radius 2 is 1.77 bits per heavy atom. The van der Waals surface area contributed by atoms with Crippen LogP contribution < -0.4 is 5.32 Å². The van der Waals surface area contributed by atoms with Crippen molar-refractivity contribution in [2.75, 3.05) is 5.32 Å². The number of anilines is 1. The normalized spacial score (nSPS) is 11.3. The predicted molar refractivity (Wildman–Crippen MR) is 144 cm³/mol. The number of nitrogens with zero attached hydrogens (tertiary/aromatic N) is 2. The maximum atomic E-state index is 13.0. The quantitative estimate of drug-likeness (QED) is 0.241. The summed E-state index contributed by atoms with van der Waals surface area (Å²) in [5.74, 6) is -0.226. The monoisotopic (exact) mass is 516 g/mol. The van der Waals surface area contributed by atoms with Gasteiger partial charge in [-0.2, -0.15) is 5.10 Å². The molecule has 3 aromatic carbocycles. The maximum absolute atomic E-state index is 13.0. The van der Waals surface area contributed by atoms with Crippen LogP contribution in [0.5, 0.6) is 0 Å². The number of carbonyl (C=O) groups is 1. The van der Waals surface area contributed by atoms with Crippen molar-refractivity contribution in [3.05, 3.63) is 112 Å². The molecule has 0 radical (unpaired) electrons. The molecule has 0 atom stereocenters. The zero-order valence-corrected chi connectivity index (χ0v) is 20.5. The number of nitrogens with one attached hydrogen (secondary N) is 2. The van der Waals surface area contributed by atoms with Crippen molar-refractivity contribution in [3.63, 3.8) is 0 Å². The molecule has 0 spiro atoms. The van der Waals surface area contributed by atoms with Gasteiger partial charge in [0.2, 0.25) is 0 Å². The van der Waals surface area contributed by atoms with Crippen LogP contribution in [0.15, 0.2) is 94.9 Å². The molecule has 2 N–H and O–H groups in total. The minimum absolute atomic E-state index is 0.226. The molecule has 0 unspecified atom stereocenters. The van der Waals surface area contributed by atoms with Gasteiger partial charge in [-0.3, -0.25) is 14.9 Å². The van der Waals surface area contributed by atoms with Gasteiger partial charge in [0.1, 0.15) is 0 Å². The Labute approximate surface area is 216 Å². The van der Waals surface area contributed by atoms with Crippen LogP contribution >= 0.6 is 35.0 Å². The van der Waals surface area contributed by atoms with Crippen LogP contribution in [0.1, 0.15) is 21.7 Å². The lowest BCUT2D eigenvalue weighted by atomic mass is 10.2. The van der Waals surface area contributed by atoms with E-state index < -0.39 is 0 Å². The van der Waals surface area contributed by atoms with E-state index in [2.05, 4.69) is 20.5 Å². The second kappa shape index (κ2) is 10.4. The fourth-order valence-electron chi connectivity index (χ4n) is 3.49. The van der Waals surface area contributed by atoms with Gasteiger partial charge in [0.15, 0.2) is 0 Å². The van der Waals surface area contributed by atoms with Crippen molar-refractivity contribution >= 4 is 69.6 Å². The fraction of sp³-hybridized carbons (Fsp3) is 0. The predicted octanol–water partition coefficient (Wildman–Crippen LogP) is 7.84. The number of H-pyrrole nitrogens is 1. The third-order valence-electron chi connectivity index (χ3n) is 5.20. The summed E-state index contributed by atoms with van der Waals surface area (Å²) in [4.78, 5) is 19.1. The lowest BCUT2D eigenvalue weighted by molar-refractivity contribution is 0.102. The molecule has 0 aliphatic heterocycles. The highest BCUT2D eigenvalue weighted by molar-refractivity contribution is 7.99. The number of fused-ring (bicyclic) bond motifs is 1. The molecule has 8 heteroatoms. The van der Waals surface area contributed by atoms with E-state index in [-0.39, 0.29) is 5.91 Å². The molecule has 0 aliphatic rings. The number of halogens is 2. The molecule has 0 aliphatic carbocycles. The molecule has 35 heavy (non-hydrogen) atoms. The van der Waals surface area contributed by atoms with Crippen molar-refractivity contribution in [2.45, 2.75) is 9.79 Å². The summed E-state index contributed by atoms with van der Waals surface area (Å²) in [6, 6.07) is 24.3. The first kappa shape index (κ1) is 23.2. The number of hydrogen-bond acceptors (Lipinski definition) is 4. The smallest absolute Gasteiger partial charge is 0.256 e. The third kappa shape index (κ3) is 5.41. The van der Waals surface area contributed by atoms with Crippen LogP contribution in [0.3, 0.4) is 0 Å². The van der Waals surface area contributed by atoms with Crippen molar-refractivity contribution < 1.29 is 4.79 Å². The van der Waals surface area contributed by atoms with E-state index >= 15 is 0 Å². The van der Waals surface area contributed by atoms with E-state index in [0.717, 1.165) is 32.1 Å². The van der Waals surface area contributed by atoms with Gasteiger partial charge in [-0.05, 0) is 72.8 Å². The first-order valence-electron chi connectivity index (χ1n) is 10.7. The molecule has 5 nitrogen and oxygen atoms in total. The van der Waals surface area contributed by atoms with Crippen molar-refractivity contribution in [2.24, 2.45) is 0 Å². The van der Waals surface area contributed by atoms with Crippen LogP contribution in [-0.2, 0) is 0 Å². The van der Waals surface area contributed by atoms with E-state index in [0.29, 0.717) is 21.3 Å². The molecule has 5 rings (SSSR count). The number of amides is 1. The Morgan fingerprint density at radius 1 is 0.914 bits per heavy atom. The third-order valence-corrected chi connectivity index (χ3v) is 7.01. The van der Waals surface area contributed by atoms with Gasteiger partial charge in [0.05, 0.1) is 32.5 Å². The lowest BCUT2D eigenvalue weighted by Crippen LogP contribution is -2.12. The molecule has 2 aromatic heterocycles. The summed E-state index contributed by atoms with van der Waals surface area (Å²) in [5, 5.41) is 12.2. The van der Waals surface area contributed by atoms with Gasteiger partial charge in [-0.15, -0.1) is 0 Å². The number of benzene rings is 3. The lowest BCUT2D eigenvalue weighted by Gasteiger charge is -2.11. The van der Waals surface area contributed by atoms with E-state index in [4.69, 9.17) is 23.2 Å². The van der Waals surface area contributed by atoms with Gasteiger partial charge in [-0.25, -0.2) is 0 Å². The number of hydrogen-bond donors (Lipinski definition) is 2. The SMILES string of the molecule is O=C(Nc1ccc(Cl)c(Cl)c1)c1ccccc1Sc1ccc2c(/C=C/c3ccccn3)n[nH]c2c1. The summed E-state index contributed by atoms with van der Waals surface area (Å²) in [6.07, 6.45) is 5.63. The van der Waals surface area contributed by atoms with Crippen LogP contribution in [0.25, 0.3) is 23.1 Å². The molecule has 0 saturated heterocycles. The first-order chi connectivity index (χ1) is 17.1. The molecular weight excluding hydrogens is 499 g/mol. The maximum Gasteiger partial charge on any atom is 0.256 e. The molecule has 1 amide bonds. The minimum atomic E-state index is -0.226. The van der Waals surface area contributed by atoms with Gasteiger partial charge in [-0.1, -0.05) is 53.2 Å². The van der Waals surface area contributed by atoms with Crippen LogP contribution in [0, 0.1) is 0 Å². The van der Waals surface area contributed by atoms with Crippen molar-refractivity contribution in [3.8, 4) is 0 Å². The number of carbonyl (C=O) groups excluding carboxylic acids is 1. The topological polar surface area (TPSA) is 70.7 Å². The zero-order chi connectivity index (χ0) is 24.2. The molecule has 172 valence electrons. The Kier molecular flexibility index (Phi) is 6.86. The summed E-state index contributed by atoms with van der Waals surface area (Å²) in [7, 11) is 0. The zero-order valence-electron chi connectivity index (χ0n) is 18.2. The number of rotatable bonds is 6. The molecule has 2 heterocycles. The Hall–Kier alpha value is -3.58. The Balaban J connectivity index is 1.36. The number of pyridine rings is 1. The summed E-state index contributed by atoms with van der Waals surface area (Å²) >= 11 is 13.6. The van der Waals surface area contributed by atoms with E-state index in [1.807, 2.05) is 66.7 Å². The fourth-order valence-corrected chi connectivity index (χ4v) is 4.77. The summed E-state index contributed by atoms with van der Waals surface area (Å²) < 4.78 is 0. The van der Waals surface area contributed by atoms with E-state index in [1.165, 1.54) is 11.8 Å². The van der Waals surface area contributed by atoms with Crippen molar-refractivity contribution in [1.82, 2.24) is 15.2 Å². The second-order valence-electron chi connectivity index (χ2n) is 7.59. The number of aromatic amines is 1. The Morgan fingerprint density at radius 3 is 2.60 bits per heavy atom. The highest BCUT2D eigenvalue weighted by Crippen LogP contribution is 2.33. The second-order valence-corrected chi connectivity index (χ2v) is 9.52. The average molecular weight is 517 g/mol. The Bertz CT molecular complexity index is 1550. The summed E-state index contributed by atoms with van der Waals surface area (Å²) in [6.45, 7) is 0. The molecular formula is C27H18Cl2N4OS. The van der Waals surface area contributed by atoms with E-state index in [9.17, 15) is 4.79 Å². The van der Waals surface area contributed by atoms with Gasteiger partial charge >= 0.3 is 0 Å².